The van der Waals surface area contributed by atoms with E-state index in [4.69, 9.17) is 0 Å². The standard InChI is InChI=1S/C7H14N2O4S/c8-7(10)13-14(11,12)9-6-4-2-1-3-5-6/h6,9H,1-5H2,(H2,8,10). The van der Waals surface area contributed by atoms with Crippen molar-refractivity contribution in [2.45, 2.75) is 38.1 Å². The fraction of sp³-hybridized carbons (Fsp3) is 0.857. The summed E-state index contributed by atoms with van der Waals surface area (Å²) >= 11 is 0. The van der Waals surface area contributed by atoms with E-state index in [2.05, 4.69) is 14.6 Å². The smallest absolute Gasteiger partial charge is 0.334 e. The van der Waals surface area contributed by atoms with Gasteiger partial charge in [0.25, 0.3) is 0 Å². The topological polar surface area (TPSA) is 98.5 Å². The van der Waals surface area contributed by atoms with Gasteiger partial charge in [-0.2, -0.15) is 13.1 Å². The SMILES string of the molecule is NC(=O)OS(=O)(=O)NC1CCCCC1. The first-order valence-electron chi connectivity index (χ1n) is 4.51. The van der Waals surface area contributed by atoms with Gasteiger partial charge >= 0.3 is 16.4 Å². The third-order valence-electron chi connectivity index (χ3n) is 2.11. The lowest BCUT2D eigenvalue weighted by Crippen LogP contribution is -2.39. The molecule has 0 aromatic carbocycles. The molecule has 1 rings (SSSR count). The Morgan fingerprint density at radius 2 is 1.86 bits per heavy atom. The molecule has 0 heterocycles. The second kappa shape index (κ2) is 4.61. The highest BCUT2D eigenvalue weighted by Crippen LogP contribution is 2.18. The van der Waals surface area contributed by atoms with Gasteiger partial charge in [-0.05, 0) is 12.8 Å². The van der Waals surface area contributed by atoms with Crippen LogP contribution in [-0.4, -0.2) is 20.6 Å². The normalized spacial score (nSPS) is 19.1. The summed E-state index contributed by atoms with van der Waals surface area (Å²) in [5.41, 5.74) is 4.60. The molecule has 1 amide bonds. The fourth-order valence-electron chi connectivity index (χ4n) is 1.56. The van der Waals surface area contributed by atoms with Crippen LogP contribution in [0.15, 0.2) is 0 Å². The summed E-state index contributed by atoms with van der Waals surface area (Å²) in [5, 5.41) is 0. The number of carbonyl (C=O) groups excluding carboxylic acids is 1. The van der Waals surface area contributed by atoms with E-state index in [1.807, 2.05) is 0 Å². The zero-order valence-electron chi connectivity index (χ0n) is 7.73. The number of carbonyl (C=O) groups is 1. The maximum atomic E-state index is 11.1. The Morgan fingerprint density at radius 1 is 1.29 bits per heavy atom. The van der Waals surface area contributed by atoms with Crippen LogP contribution in [0.1, 0.15) is 32.1 Å². The lowest BCUT2D eigenvalue weighted by Gasteiger charge is -2.21. The van der Waals surface area contributed by atoms with Crippen LogP contribution in [0, 0.1) is 0 Å². The summed E-state index contributed by atoms with van der Waals surface area (Å²) in [6, 6.07) is -0.131. The van der Waals surface area contributed by atoms with Crippen molar-refractivity contribution >= 4 is 16.4 Å². The van der Waals surface area contributed by atoms with E-state index in [9.17, 15) is 13.2 Å². The van der Waals surface area contributed by atoms with Crippen molar-refractivity contribution in [3.8, 4) is 0 Å². The Kier molecular flexibility index (Phi) is 3.70. The zero-order chi connectivity index (χ0) is 10.6. The summed E-state index contributed by atoms with van der Waals surface area (Å²) in [5.74, 6) is 0. The Hall–Kier alpha value is -0.820. The maximum Gasteiger partial charge on any atom is 0.421 e. The molecule has 1 saturated carbocycles. The molecule has 1 aliphatic carbocycles. The molecule has 0 aromatic rings. The molecule has 0 aromatic heterocycles. The fourth-order valence-corrected chi connectivity index (χ4v) is 2.47. The van der Waals surface area contributed by atoms with Crippen molar-refractivity contribution in [3.63, 3.8) is 0 Å². The van der Waals surface area contributed by atoms with Gasteiger partial charge in [0.1, 0.15) is 0 Å². The largest absolute Gasteiger partial charge is 0.421 e. The monoisotopic (exact) mass is 222 g/mol. The summed E-state index contributed by atoms with van der Waals surface area (Å²) in [6.07, 6.45) is 3.35. The Balaban J connectivity index is 2.45. The van der Waals surface area contributed by atoms with Gasteiger partial charge in [-0.1, -0.05) is 19.3 Å². The highest BCUT2D eigenvalue weighted by molar-refractivity contribution is 7.85. The predicted molar refractivity (Wildman–Crippen MR) is 49.6 cm³/mol. The third kappa shape index (κ3) is 3.93. The highest BCUT2D eigenvalue weighted by atomic mass is 32.2. The van der Waals surface area contributed by atoms with Crippen molar-refractivity contribution in [2.24, 2.45) is 5.73 Å². The summed E-state index contributed by atoms with van der Waals surface area (Å²) in [4.78, 5) is 10.2. The van der Waals surface area contributed by atoms with E-state index in [0.29, 0.717) is 0 Å². The van der Waals surface area contributed by atoms with Gasteiger partial charge in [0, 0.05) is 6.04 Å². The number of hydrogen-bond donors (Lipinski definition) is 2. The van der Waals surface area contributed by atoms with Crippen LogP contribution < -0.4 is 10.5 Å². The van der Waals surface area contributed by atoms with Crippen LogP contribution in [0.2, 0.25) is 0 Å². The molecule has 0 saturated heterocycles. The van der Waals surface area contributed by atoms with Crippen molar-refractivity contribution in [1.29, 1.82) is 0 Å². The van der Waals surface area contributed by atoms with E-state index < -0.39 is 16.4 Å². The number of rotatable bonds is 3. The third-order valence-corrected chi connectivity index (χ3v) is 3.11. The van der Waals surface area contributed by atoms with Gasteiger partial charge < -0.3 is 9.92 Å². The minimum absolute atomic E-state index is 0.131. The number of primary amides is 1. The molecule has 82 valence electrons. The molecule has 0 aliphatic heterocycles. The number of amides is 1. The van der Waals surface area contributed by atoms with Crippen LogP contribution in [0.25, 0.3) is 0 Å². The summed E-state index contributed by atoms with van der Waals surface area (Å²) < 4.78 is 28.4. The van der Waals surface area contributed by atoms with E-state index in [1.54, 1.807) is 0 Å². The second-order valence-electron chi connectivity index (χ2n) is 3.31. The summed E-state index contributed by atoms with van der Waals surface area (Å²) in [6.45, 7) is 0. The Morgan fingerprint density at radius 3 is 2.36 bits per heavy atom. The van der Waals surface area contributed by atoms with E-state index in [-0.39, 0.29) is 6.04 Å². The van der Waals surface area contributed by atoms with Gasteiger partial charge in [0.2, 0.25) is 0 Å². The Labute approximate surface area is 83.1 Å². The van der Waals surface area contributed by atoms with Crippen LogP contribution in [0.5, 0.6) is 0 Å². The van der Waals surface area contributed by atoms with Gasteiger partial charge in [-0.15, -0.1) is 0 Å². The van der Waals surface area contributed by atoms with Gasteiger partial charge in [0.05, 0.1) is 0 Å². The quantitative estimate of drug-likeness (QED) is 0.715. The van der Waals surface area contributed by atoms with Gasteiger partial charge in [-0.3, -0.25) is 0 Å². The van der Waals surface area contributed by atoms with Crippen molar-refractivity contribution < 1.29 is 17.4 Å². The summed E-state index contributed by atoms with van der Waals surface area (Å²) in [7, 11) is -4.00. The molecule has 0 unspecified atom stereocenters. The molecule has 14 heavy (non-hydrogen) atoms. The van der Waals surface area contributed by atoms with E-state index in [0.717, 1.165) is 32.1 Å². The first kappa shape index (κ1) is 11.3. The lowest BCUT2D eigenvalue weighted by molar-refractivity contribution is 0.211. The molecule has 0 atom stereocenters. The van der Waals surface area contributed by atoms with E-state index in [1.165, 1.54) is 0 Å². The van der Waals surface area contributed by atoms with Gasteiger partial charge in [0.15, 0.2) is 0 Å². The molecule has 3 N–H and O–H groups in total. The minimum Gasteiger partial charge on any atom is -0.334 e. The molecular weight excluding hydrogens is 208 g/mol. The van der Waals surface area contributed by atoms with E-state index >= 15 is 0 Å². The number of nitrogens with two attached hydrogens (primary N) is 1. The zero-order valence-corrected chi connectivity index (χ0v) is 8.55. The number of nitrogens with one attached hydrogen (secondary N) is 1. The van der Waals surface area contributed by atoms with Crippen molar-refractivity contribution in [2.75, 3.05) is 0 Å². The molecule has 7 heteroatoms. The first-order valence-corrected chi connectivity index (χ1v) is 5.91. The van der Waals surface area contributed by atoms with Crippen LogP contribution >= 0.6 is 0 Å². The molecule has 0 radical (unpaired) electrons. The minimum atomic E-state index is -4.00. The molecule has 0 bridgehead atoms. The highest BCUT2D eigenvalue weighted by Gasteiger charge is 2.22. The molecule has 1 aliphatic rings. The van der Waals surface area contributed by atoms with Crippen LogP contribution in [0.3, 0.4) is 0 Å². The Bertz CT molecular complexity index is 295. The molecular formula is C7H14N2O4S. The predicted octanol–water partition coefficient (Wildman–Crippen LogP) is 0.249. The molecule has 6 nitrogen and oxygen atoms in total. The second-order valence-corrected chi connectivity index (χ2v) is 4.62. The molecule has 1 fully saturated rings. The lowest BCUT2D eigenvalue weighted by atomic mass is 9.96. The number of hydrogen-bond acceptors (Lipinski definition) is 4. The van der Waals surface area contributed by atoms with Gasteiger partial charge in [-0.25, -0.2) is 4.79 Å². The maximum absolute atomic E-state index is 11.1. The van der Waals surface area contributed by atoms with Crippen molar-refractivity contribution in [3.05, 3.63) is 0 Å². The average Bonchev–Trinajstić information content (AvgIpc) is 2.02. The first-order chi connectivity index (χ1) is 6.49. The molecule has 0 spiro atoms. The van der Waals surface area contributed by atoms with Crippen LogP contribution in [0.4, 0.5) is 4.79 Å². The average molecular weight is 222 g/mol. The van der Waals surface area contributed by atoms with Crippen LogP contribution in [-0.2, 0) is 14.5 Å². The van der Waals surface area contributed by atoms with Crippen molar-refractivity contribution in [1.82, 2.24) is 4.72 Å².